The maximum absolute atomic E-state index is 9.64. The molecular formula is C11H23NO2. The highest BCUT2D eigenvalue weighted by molar-refractivity contribution is 4.86. The molecule has 3 heteroatoms. The van der Waals surface area contributed by atoms with E-state index in [0.717, 1.165) is 19.1 Å². The van der Waals surface area contributed by atoms with Crippen LogP contribution >= 0.6 is 0 Å². The first-order valence-electron chi connectivity index (χ1n) is 5.54. The van der Waals surface area contributed by atoms with Gasteiger partial charge < -0.3 is 9.84 Å². The molecule has 1 unspecified atom stereocenters. The number of nitrogens with zero attached hydrogens (tertiary/aromatic N) is 1. The second-order valence-corrected chi connectivity index (χ2v) is 4.69. The Kier molecular flexibility index (Phi) is 4.85. The van der Waals surface area contributed by atoms with Crippen molar-refractivity contribution in [2.45, 2.75) is 38.8 Å². The van der Waals surface area contributed by atoms with Gasteiger partial charge in [0.25, 0.3) is 0 Å². The zero-order valence-electron chi connectivity index (χ0n) is 9.57. The molecule has 1 fully saturated rings. The molecule has 0 radical (unpaired) electrons. The minimum Gasteiger partial charge on any atom is -0.389 e. The summed E-state index contributed by atoms with van der Waals surface area (Å²) < 4.78 is 4.93. The smallest absolute Gasteiger partial charge is 0.0900 e. The minimum absolute atomic E-state index is 0.334. The van der Waals surface area contributed by atoms with Gasteiger partial charge in [-0.25, -0.2) is 0 Å². The molecule has 0 aromatic heterocycles. The highest BCUT2D eigenvalue weighted by Crippen LogP contribution is 2.27. The van der Waals surface area contributed by atoms with Gasteiger partial charge in [0.05, 0.1) is 12.7 Å². The second-order valence-electron chi connectivity index (χ2n) is 4.69. The lowest BCUT2D eigenvalue weighted by Crippen LogP contribution is -2.38. The van der Waals surface area contributed by atoms with Crippen LogP contribution in [0.25, 0.3) is 0 Å². The van der Waals surface area contributed by atoms with Gasteiger partial charge in [-0.1, -0.05) is 13.8 Å². The molecule has 0 saturated heterocycles. The van der Waals surface area contributed by atoms with Crippen LogP contribution < -0.4 is 0 Å². The van der Waals surface area contributed by atoms with Crippen LogP contribution in [0.2, 0.25) is 0 Å². The monoisotopic (exact) mass is 201 g/mol. The molecule has 1 rings (SSSR count). The van der Waals surface area contributed by atoms with E-state index in [1.807, 2.05) is 0 Å². The molecule has 0 aromatic carbocycles. The Morgan fingerprint density at radius 2 is 2.00 bits per heavy atom. The minimum atomic E-state index is -0.334. The molecule has 0 bridgehead atoms. The summed E-state index contributed by atoms with van der Waals surface area (Å²) in [6, 6.07) is 0.726. The third-order valence-electron chi connectivity index (χ3n) is 2.47. The molecule has 3 nitrogen and oxygen atoms in total. The molecule has 0 aliphatic heterocycles. The van der Waals surface area contributed by atoms with Gasteiger partial charge in [0, 0.05) is 26.2 Å². The lowest BCUT2D eigenvalue weighted by atomic mass is 10.2. The van der Waals surface area contributed by atoms with Gasteiger partial charge in [-0.05, 0) is 18.8 Å². The maximum atomic E-state index is 9.64. The normalized spacial score (nSPS) is 19.3. The fourth-order valence-corrected chi connectivity index (χ4v) is 1.80. The first kappa shape index (κ1) is 12.0. The van der Waals surface area contributed by atoms with Crippen molar-refractivity contribution in [1.82, 2.24) is 4.90 Å². The molecule has 84 valence electrons. The Balaban J connectivity index is 2.27. The Morgan fingerprint density at radius 3 is 2.43 bits per heavy atom. The number of hydrogen-bond donors (Lipinski definition) is 1. The van der Waals surface area contributed by atoms with E-state index in [0.29, 0.717) is 12.5 Å². The maximum Gasteiger partial charge on any atom is 0.0900 e. The van der Waals surface area contributed by atoms with Crippen LogP contribution in [0, 0.1) is 5.92 Å². The van der Waals surface area contributed by atoms with E-state index in [2.05, 4.69) is 18.7 Å². The van der Waals surface area contributed by atoms with E-state index in [4.69, 9.17) is 4.74 Å². The zero-order chi connectivity index (χ0) is 10.6. The number of rotatable bonds is 7. The third-order valence-corrected chi connectivity index (χ3v) is 2.47. The molecule has 14 heavy (non-hydrogen) atoms. The number of methoxy groups -OCH3 is 1. The van der Waals surface area contributed by atoms with Crippen LogP contribution in [-0.4, -0.2) is 49.0 Å². The van der Waals surface area contributed by atoms with E-state index in [-0.39, 0.29) is 6.10 Å². The summed E-state index contributed by atoms with van der Waals surface area (Å²) >= 11 is 0. The van der Waals surface area contributed by atoms with Crippen molar-refractivity contribution in [1.29, 1.82) is 0 Å². The van der Waals surface area contributed by atoms with Crippen molar-refractivity contribution in [3.8, 4) is 0 Å². The second kappa shape index (κ2) is 5.69. The molecule has 1 aliphatic rings. The number of hydrogen-bond acceptors (Lipinski definition) is 3. The highest BCUT2D eigenvalue weighted by Gasteiger charge is 2.30. The first-order chi connectivity index (χ1) is 6.63. The van der Waals surface area contributed by atoms with Crippen LogP contribution in [0.3, 0.4) is 0 Å². The van der Waals surface area contributed by atoms with Gasteiger partial charge >= 0.3 is 0 Å². The van der Waals surface area contributed by atoms with Gasteiger partial charge in [-0.2, -0.15) is 0 Å². The predicted molar refractivity (Wildman–Crippen MR) is 57.3 cm³/mol. The van der Waals surface area contributed by atoms with Crippen LogP contribution in [0.15, 0.2) is 0 Å². The molecule has 1 saturated carbocycles. The molecular weight excluding hydrogens is 178 g/mol. The standard InChI is InChI=1S/C11H23NO2/c1-9(2)6-12(10-4-5-10)7-11(13)8-14-3/h9-11,13H,4-8H2,1-3H3. The van der Waals surface area contributed by atoms with Gasteiger partial charge in [-0.3, -0.25) is 4.90 Å². The number of aliphatic hydroxyl groups is 1. The van der Waals surface area contributed by atoms with Gasteiger partial charge in [0.1, 0.15) is 0 Å². The molecule has 1 atom stereocenters. The summed E-state index contributed by atoms with van der Waals surface area (Å²) in [4.78, 5) is 2.40. The van der Waals surface area contributed by atoms with Crippen LogP contribution in [0.5, 0.6) is 0 Å². The summed E-state index contributed by atoms with van der Waals surface area (Å²) in [5, 5.41) is 9.64. The van der Waals surface area contributed by atoms with Crippen molar-refractivity contribution in [2.24, 2.45) is 5.92 Å². The Bertz CT molecular complexity index is 157. The van der Waals surface area contributed by atoms with E-state index in [1.165, 1.54) is 12.8 Å². The van der Waals surface area contributed by atoms with E-state index < -0.39 is 0 Å². The largest absolute Gasteiger partial charge is 0.389 e. The lowest BCUT2D eigenvalue weighted by molar-refractivity contribution is 0.0330. The number of aliphatic hydroxyl groups excluding tert-OH is 1. The van der Waals surface area contributed by atoms with Crippen LogP contribution in [0.1, 0.15) is 26.7 Å². The lowest BCUT2D eigenvalue weighted by Gasteiger charge is -2.26. The average Bonchev–Trinajstić information content (AvgIpc) is 2.84. The van der Waals surface area contributed by atoms with Crippen molar-refractivity contribution in [2.75, 3.05) is 26.8 Å². The van der Waals surface area contributed by atoms with Crippen LogP contribution in [0.4, 0.5) is 0 Å². The topological polar surface area (TPSA) is 32.7 Å². The fraction of sp³-hybridized carbons (Fsp3) is 1.00. The number of ether oxygens (including phenoxy) is 1. The zero-order valence-corrected chi connectivity index (χ0v) is 9.57. The Hall–Kier alpha value is -0.120. The van der Waals surface area contributed by atoms with E-state index in [9.17, 15) is 5.11 Å². The quantitative estimate of drug-likeness (QED) is 0.670. The van der Waals surface area contributed by atoms with Gasteiger partial charge in [0.15, 0.2) is 0 Å². The Labute approximate surface area is 87.1 Å². The van der Waals surface area contributed by atoms with Gasteiger partial charge in [0.2, 0.25) is 0 Å². The third kappa shape index (κ3) is 4.40. The SMILES string of the molecule is COCC(O)CN(CC(C)C)C1CC1. The van der Waals surface area contributed by atoms with Crippen LogP contribution in [-0.2, 0) is 4.74 Å². The van der Waals surface area contributed by atoms with Crippen molar-refractivity contribution >= 4 is 0 Å². The molecule has 1 N–H and O–H groups in total. The molecule has 0 heterocycles. The van der Waals surface area contributed by atoms with E-state index >= 15 is 0 Å². The summed E-state index contributed by atoms with van der Waals surface area (Å²) in [5.41, 5.74) is 0. The summed E-state index contributed by atoms with van der Waals surface area (Å²) in [5.74, 6) is 0.672. The van der Waals surface area contributed by atoms with Crippen molar-refractivity contribution in [3.63, 3.8) is 0 Å². The molecule has 0 amide bonds. The van der Waals surface area contributed by atoms with E-state index in [1.54, 1.807) is 7.11 Å². The summed E-state index contributed by atoms with van der Waals surface area (Å²) in [6.45, 7) is 6.74. The van der Waals surface area contributed by atoms with Crippen molar-refractivity contribution < 1.29 is 9.84 Å². The molecule has 0 aromatic rings. The summed E-state index contributed by atoms with van der Waals surface area (Å²) in [7, 11) is 1.63. The summed E-state index contributed by atoms with van der Waals surface area (Å²) in [6.07, 6.45) is 2.26. The fourth-order valence-electron chi connectivity index (χ4n) is 1.80. The Morgan fingerprint density at radius 1 is 1.36 bits per heavy atom. The predicted octanol–water partition coefficient (Wildman–Crippen LogP) is 1.11. The highest BCUT2D eigenvalue weighted by atomic mass is 16.5. The molecule has 1 aliphatic carbocycles. The first-order valence-corrected chi connectivity index (χ1v) is 5.54. The molecule has 0 spiro atoms. The average molecular weight is 201 g/mol. The van der Waals surface area contributed by atoms with Crippen molar-refractivity contribution in [3.05, 3.63) is 0 Å². The van der Waals surface area contributed by atoms with Gasteiger partial charge in [-0.15, -0.1) is 0 Å².